The number of hydrogen-bond acceptors (Lipinski definition) is 5. The molecule has 0 bridgehead atoms. The zero-order valence-electron chi connectivity index (χ0n) is 16.1. The maximum Gasteiger partial charge on any atom is 0.189 e. The summed E-state index contributed by atoms with van der Waals surface area (Å²) in [5.74, 6) is 0.000990. The van der Waals surface area contributed by atoms with Gasteiger partial charge < -0.3 is 14.9 Å². The number of benzene rings is 2. The van der Waals surface area contributed by atoms with Gasteiger partial charge in [0.1, 0.15) is 11.5 Å². The highest BCUT2D eigenvalue weighted by Crippen LogP contribution is 2.31. The van der Waals surface area contributed by atoms with Gasteiger partial charge in [0.05, 0.1) is 18.8 Å². The number of allylic oxidation sites excluding steroid dienone is 1. The highest BCUT2D eigenvalue weighted by atomic mass is 35.5. The van der Waals surface area contributed by atoms with E-state index in [1.807, 2.05) is 0 Å². The van der Waals surface area contributed by atoms with Gasteiger partial charge in [0.15, 0.2) is 5.78 Å². The van der Waals surface area contributed by atoms with E-state index in [2.05, 4.69) is 4.90 Å². The third-order valence-corrected chi connectivity index (χ3v) is 5.48. The van der Waals surface area contributed by atoms with Crippen LogP contribution in [0.25, 0.3) is 6.08 Å². The molecule has 5 nitrogen and oxygen atoms in total. The van der Waals surface area contributed by atoms with Crippen molar-refractivity contribution < 1.29 is 19.7 Å². The fourth-order valence-electron chi connectivity index (χ4n) is 3.43. The molecule has 1 fully saturated rings. The Balaban J connectivity index is 1.84. The van der Waals surface area contributed by atoms with Crippen molar-refractivity contribution in [3.05, 3.63) is 63.1 Å². The lowest BCUT2D eigenvalue weighted by molar-refractivity contribution is 0.0664. The second kappa shape index (κ2) is 9.63. The first-order valence-corrected chi connectivity index (χ1v) is 10.1. The van der Waals surface area contributed by atoms with Crippen LogP contribution in [-0.2, 0) is 6.54 Å². The fraction of sp³-hybridized carbons (Fsp3) is 0.318. The van der Waals surface area contributed by atoms with Crippen molar-refractivity contribution in [1.29, 1.82) is 0 Å². The molecule has 0 aliphatic carbocycles. The molecule has 1 heterocycles. The highest BCUT2D eigenvalue weighted by molar-refractivity contribution is 6.35. The van der Waals surface area contributed by atoms with Crippen molar-refractivity contribution in [3.63, 3.8) is 0 Å². The van der Waals surface area contributed by atoms with Gasteiger partial charge in [0.25, 0.3) is 0 Å². The van der Waals surface area contributed by atoms with Crippen molar-refractivity contribution >= 4 is 35.1 Å². The molecule has 154 valence electrons. The Bertz CT molecular complexity index is 929. The first kappa shape index (κ1) is 21.7. The first-order chi connectivity index (χ1) is 13.9. The Morgan fingerprint density at radius 2 is 2.10 bits per heavy atom. The van der Waals surface area contributed by atoms with Crippen LogP contribution < -0.4 is 4.74 Å². The predicted octanol–water partition coefficient (Wildman–Crippen LogP) is 4.56. The molecule has 1 saturated heterocycles. The minimum absolute atomic E-state index is 0.152. The quantitative estimate of drug-likeness (QED) is 0.513. The first-order valence-electron chi connectivity index (χ1n) is 9.35. The fourth-order valence-corrected chi connectivity index (χ4v) is 3.90. The number of aromatic hydroxyl groups is 1. The lowest BCUT2D eigenvalue weighted by Gasteiger charge is -2.30. The van der Waals surface area contributed by atoms with Crippen molar-refractivity contribution in [2.75, 3.05) is 20.2 Å². The number of ether oxygens (including phenoxy) is 1. The molecule has 2 aromatic rings. The molecule has 0 spiro atoms. The second-order valence-corrected chi connectivity index (χ2v) is 7.92. The number of phenols is 1. The van der Waals surface area contributed by atoms with Gasteiger partial charge in [-0.25, -0.2) is 0 Å². The average Bonchev–Trinajstić information content (AvgIpc) is 2.68. The number of carbonyl (C=O) groups is 1. The number of aliphatic hydroxyl groups excluding tert-OH is 1. The van der Waals surface area contributed by atoms with E-state index in [0.29, 0.717) is 34.4 Å². The lowest BCUT2D eigenvalue weighted by atomic mass is 10.0. The van der Waals surface area contributed by atoms with Crippen molar-refractivity contribution in [2.45, 2.75) is 25.5 Å². The van der Waals surface area contributed by atoms with Gasteiger partial charge in [0, 0.05) is 34.8 Å². The van der Waals surface area contributed by atoms with Gasteiger partial charge in [-0.1, -0.05) is 29.3 Å². The van der Waals surface area contributed by atoms with Crippen molar-refractivity contribution in [2.24, 2.45) is 0 Å². The summed E-state index contributed by atoms with van der Waals surface area (Å²) in [6.07, 6.45) is 4.32. The van der Waals surface area contributed by atoms with Crippen molar-refractivity contribution in [3.8, 4) is 11.5 Å². The van der Waals surface area contributed by atoms with E-state index < -0.39 is 0 Å². The van der Waals surface area contributed by atoms with Gasteiger partial charge in [-0.2, -0.15) is 0 Å². The van der Waals surface area contributed by atoms with Gasteiger partial charge in [-0.3, -0.25) is 9.69 Å². The lowest BCUT2D eigenvalue weighted by Crippen LogP contribution is -2.37. The smallest absolute Gasteiger partial charge is 0.189 e. The van der Waals surface area contributed by atoms with E-state index in [1.165, 1.54) is 19.3 Å². The molecule has 1 aliphatic rings. The maximum absolute atomic E-state index is 12.7. The topological polar surface area (TPSA) is 70.0 Å². The zero-order chi connectivity index (χ0) is 21.0. The number of likely N-dealkylation sites (tertiary alicyclic amines) is 1. The molecular formula is C22H23Cl2NO4. The van der Waals surface area contributed by atoms with Crippen LogP contribution in [0.5, 0.6) is 11.5 Å². The third-order valence-electron chi connectivity index (χ3n) is 4.92. The Kier molecular flexibility index (Phi) is 7.19. The van der Waals surface area contributed by atoms with E-state index in [4.69, 9.17) is 27.9 Å². The van der Waals surface area contributed by atoms with E-state index in [1.54, 1.807) is 30.3 Å². The zero-order valence-corrected chi connectivity index (χ0v) is 17.6. The van der Waals surface area contributed by atoms with E-state index in [0.717, 1.165) is 24.9 Å². The number of carbonyl (C=O) groups excluding carboxylic acids is 1. The molecule has 2 N–H and O–H groups in total. The number of β-amino-alcohol motifs (C(OH)–C–C–N with tert-alkyl or cyclic N) is 1. The minimum atomic E-state index is -0.351. The number of aliphatic hydroxyl groups is 1. The number of rotatable bonds is 6. The van der Waals surface area contributed by atoms with Gasteiger partial charge in [0.2, 0.25) is 0 Å². The number of hydrogen-bond donors (Lipinski definition) is 2. The van der Waals surface area contributed by atoms with Crippen LogP contribution in [0, 0.1) is 0 Å². The van der Waals surface area contributed by atoms with E-state index >= 15 is 0 Å². The third kappa shape index (κ3) is 5.52. The monoisotopic (exact) mass is 435 g/mol. The van der Waals surface area contributed by atoms with Crippen LogP contribution in [0.1, 0.15) is 34.3 Å². The largest absolute Gasteiger partial charge is 0.507 e. The normalized spacial score (nSPS) is 17.6. The SMILES string of the molecule is COc1cc(O)c(C(=O)/C=C/c2ccc(Cl)cc2Cl)cc1CN1CCCC(O)C1. The Morgan fingerprint density at radius 3 is 2.79 bits per heavy atom. The number of ketones is 1. The summed E-state index contributed by atoms with van der Waals surface area (Å²) < 4.78 is 5.38. The van der Waals surface area contributed by atoms with Gasteiger partial charge >= 0.3 is 0 Å². The summed E-state index contributed by atoms with van der Waals surface area (Å²) in [6.45, 7) is 1.95. The van der Waals surface area contributed by atoms with E-state index in [9.17, 15) is 15.0 Å². The Hall–Kier alpha value is -2.05. The Morgan fingerprint density at radius 1 is 1.31 bits per heavy atom. The minimum Gasteiger partial charge on any atom is -0.507 e. The average molecular weight is 436 g/mol. The van der Waals surface area contributed by atoms with Crippen LogP contribution in [0.4, 0.5) is 0 Å². The van der Waals surface area contributed by atoms with Gasteiger partial charge in [-0.05, 0) is 55.3 Å². The van der Waals surface area contributed by atoms with Crippen LogP contribution in [0.3, 0.4) is 0 Å². The molecular weight excluding hydrogens is 413 g/mol. The molecule has 3 rings (SSSR count). The van der Waals surface area contributed by atoms with Crippen LogP contribution in [-0.4, -0.2) is 47.2 Å². The maximum atomic E-state index is 12.7. The molecule has 2 aromatic carbocycles. The summed E-state index contributed by atoms with van der Waals surface area (Å²) >= 11 is 12.0. The number of piperidine rings is 1. The van der Waals surface area contributed by atoms with Crippen LogP contribution in [0.15, 0.2) is 36.4 Å². The highest BCUT2D eigenvalue weighted by Gasteiger charge is 2.21. The molecule has 0 radical (unpaired) electrons. The van der Waals surface area contributed by atoms with E-state index in [-0.39, 0.29) is 23.2 Å². The predicted molar refractivity (Wildman–Crippen MR) is 115 cm³/mol. The summed E-state index contributed by atoms with van der Waals surface area (Å²) in [7, 11) is 1.52. The number of phenolic OH excluding ortho intramolecular Hbond substituents is 1. The molecule has 1 aliphatic heterocycles. The molecule has 0 saturated carbocycles. The second-order valence-electron chi connectivity index (χ2n) is 7.08. The Labute approximate surface area is 180 Å². The molecule has 7 heteroatoms. The molecule has 29 heavy (non-hydrogen) atoms. The number of nitrogens with zero attached hydrogens (tertiary/aromatic N) is 1. The van der Waals surface area contributed by atoms with Crippen LogP contribution in [0.2, 0.25) is 10.0 Å². The standard InChI is InChI=1S/C22H23Cl2NO4/c1-29-22-11-21(28)18(9-15(22)12-25-8-2-3-17(26)13-25)20(27)7-5-14-4-6-16(23)10-19(14)24/h4-7,9-11,17,26,28H,2-3,8,12-13H2,1H3/b7-5+. The molecule has 0 amide bonds. The summed E-state index contributed by atoms with van der Waals surface area (Å²) in [6, 6.07) is 8.10. The molecule has 1 unspecified atom stereocenters. The van der Waals surface area contributed by atoms with Crippen LogP contribution >= 0.6 is 23.2 Å². The van der Waals surface area contributed by atoms with Crippen molar-refractivity contribution in [1.82, 2.24) is 4.90 Å². The molecule has 0 aromatic heterocycles. The number of halogens is 2. The summed E-state index contributed by atoms with van der Waals surface area (Å²) in [5.41, 5.74) is 1.61. The van der Waals surface area contributed by atoms with Gasteiger partial charge in [-0.15, -0.1) is 0 Å². The molecule has 1 atom stereocenters. The summed E-state index contributed by atoms with van der Waals surface area (Å²) in [4.78, 5) is 14.8. The number of methoxy groups -OCH3 is 1. The summed E-state index contributed by atoms with van der Waals surface area (Å²) in [5, 5.41) is 21.2.